The van der Waals surface area contributed by atoms with Crippen molar-refractivity contribution in [1.29, 1.82) is 0 Å². The summed E-state index contributed by atoms with van der Waals surface area (Å²) in [5.41, 5.74) is 6.90. The Morgan fingerprint density at radius 1 is 0.733 bits per heavy atom. The van der Waals surface area contributed by atoms with Gasteiger partial charge in [-0.2, -0.15) is 0 Å². The van der Waals surface area contributed by atoms with Gasteiger partial charge in [-0.15, -0.1) is 0 Å². The minimum atomic E-state index is 0.793. The Hall–Kier alpha value is -3.98. The van der Waals surface area contributed by atoms with Crippen LogP contribution in [-0.2, 0) is 0 Å². The molecule has 0 spiro atoms. The zero-order valence-corrected chi connectivity index (χ0v) is 16.5. The van der Waals surface area contributed by atoms with Gasteiger partial charge in [-0.05, 0) is 35.9 Å². The molecule has 0 aliphatic carbocycles. The van der Waals surface area contributed by atoms with Crippen molar-refractivity contribution in [2.45, 2.75) is 0 Å². The fourth-order valence-electron chi connectivity index (χ4n) is 3.75. The molecule has 0 aliphatic heterocycles. The highest BCUT2D eigenvalue weighted by Gasteiger charge is 2.16. The molecule has 5 rings (SSSR count). The Labute approximate surface area is 175 Å². The van der Waals surface area contributed by atoms with Gasteiger partial charge in [0.2, 0.25) is 0 Å². The minimum absolute atomic E-state index is 0.793. The topological polar surface area (TPSA) is 35.0 Å². The third kappa shape index (κ3) is 3.20. The average Bonchev–Trinajstić information content (AvgIpc) is 2.84. The van der Waals surface area contributed by atoms with Crippen LogP contribution in [0.3, 0.4) is 0 Å². The zero-order chi connectivity index (χ0) is 20.3. The Morgan fingerprint density at radius 2 is 1.50 bits per heavy atom. The first-order valence-corrected chi connectivity index (χ1v) is 9.80. The fourth-order valence-corrected chi connectivity index (χ4v) is 3.75. The van der Waals surface area contributed by atoms with Gasteiger partial charge in [-0.25, -0.2) is 4.98 Å². The molecule has 0 atom stereocenters. The van der Waals surface area contributed by atoms with Gasteiger partial charge in [0.25, 0.3) is 0 Å². The number of pyridine rings is 2. The van der Waals surface area contributed by atoms with Gasteiger partial charge in [0.1, 0.15) is 5.75 Å². The molecule has 0 N–H and O–H groups in total. The van der Waals surface area contributed by atoms with E-state index in [-0.39, 0.29) is 0 Å². The second kappa shape index (κ2) is 7.80. The number of fused-ring (bicyclic) bond motifs is 1. The molecule has 0 saturated heterocycles. The van der Waals surface area contributed by atoms with Crippen LogP contribution in [0.5, 0.6) is 5.75 Å². The van der Waals surface area contributed by atoms with E-state index in [1.807, 2.05) is 79.0 Å². The summed E-state index contributed by atoms with van der Waals surface area (Å²) in [5, 5.41) is 0.993. The van der Waals surface area contributed by atoms with Crippen molar-refractivity contribution in [3.05, 3.63) is 103 Å². The highest BCUT2D eigenvalue weighted by Crippen LogP contribution is 2.38. The van der Waals surface area contributed by atoms with E-state index in [9.17, 15) is 0 Å². The molecule has 30 heavy (non-hydrogen) atoms. The molecule has 2 aromatic heterocycles. The lowest BCUT2D eigenvalue weighted by Crippen LogP contribution is -1.95. The second-order valence-corrected chi connectivity index (χ2v) is 6.97. The van der Waals surface area contributed by atoms with Crippen molar-refractivity contribution < 1.29 is 4.74 Å². The van der Waals surface area contributed by atoms with E-state index in [0.29, 0.717) is 0 Å². The quantitative estimate of drug-likeness (QED) is 0.356. The van der Waals surface area contributed by atoms with Crippen LogP contribution >= 0.6 is 0 Å². The Balaban J connectivity index is 1.83. The molecule has 3 aromatic carbocycles. The number of benzene rings is 3. The standard InChI is InChI=1S/C27H19N2O/c1-30-25-15-9-8-14-21(25)27-23-18-22(19-10-4-2-5-11-19)26(20-12-6-3-7-13-20)29-24(23)16-17-28-27/h2,4-18H,1H3. The van der Waals surface area contributed by atoms with Gasteiger partial charge in [0.15, 0.2) is 0 Å². The largest absolute Gasteiger partial charge is 0.496 e. The van der Waals surface area contributed by atoms with Crippen LogP contribution < -0.4 is 4.74 Å². The van der Waals surface area contributed by atoms with Gasteiger partial charge in [0.05, 0.1) is 24.0 Å². The van der Waals surface area contributed by atoms with Crippen molar-refractivity contribution >= 4 is 10.9 Å². The number of hydrogen-bond acceptors (Lipinski definition) is 3. The Kier molecular flexibility index (Phi) is 4.70. The molecule has 0 amide bonds. The summed E-state index contributed by atoms with van der Waals surface area (Å²) in [7, 11) is 1.68. The summed E-state index contributed by atoms with van der Waals surface area (Å²) in [4.78, 5) is 9.77. The van der Waals surface area contributed by atoms with Gasteiger partial charge in [-0.1, -0.05) is 66.7 Å². The van der Waals surface area contributed by atoms with Crippen LogP contribution in [0.4, 0.5) is 0 Å². The first-order valence-electron chi connectivity index (χ1n) is 9.80. The van der Waals surface area contributed by atoms with E-state index >= 15 is 0 Å². The van der Waals surface area contributed by atoms with E-state index in [1.165, 1.54) is 0 Å². The Bertz CT molecular complexity index is 1320. The zero-order valence-electron chi connectivity index (χ0n) is 16.5. The van der Waals surface area contributed by atoms with E-state index in [2.05, 4.69) is 24.3 Å². The predicted octanol–water partition coefficient (Wildman–Crippen LogP) is 6.44. The Morgan fingerprint density at radius 3 is 2.30 bits per heavy atom. The smallest absolute Gasteiger partial charge is 0.128 e. The lowest BCUT2D eigenvalue weighted by molar-refractivity contribution is 0.416. The van der Waals surface area contributed by atoms with Gasteiger partial charge >= 0.3 is 0 Å². The van der Waals surface area contributed by atoms with Gasteiger partial charge in [-0.3, -0.25) is 4.98 Å². The molecule has 5 aromatic rings. The number of hydrogen-bond donors (Lipinski definition) is 0. The van der Waals surface area contributed by atoms with Crippen LogP contribution in [0.25, 0.3) is 44.5 Å². The van der Waals surface area contributed by atoms with Crippen LogP contribution in [0.2, 0.25) is 0 Å². The summed E-state index contributed by atoms with van der Waals surface area (Å²) in [5.74, 6) is 0.793. The number of nitrogens with zero attached hydrogens (tertiary/aromatic N) is 2. The van der Waals surface area contributed by atoms with Crippen molar-refractivity contribution in [2.75, 3.05) is 7.11 Å². The lowest BCUT2D eigenvalue weighted by atomic mass is 9.96. The molecule has 0 saturated carbocycles. The second-order valence-electron chi connectivity index (χ2n) is 6.97. The van der Waals surface area contributed by atoms with E-state index in [0.717, 1.165) is 50.3 Å². The minimum Gasteiger partial charge on any atom is -0.496 e. The molecule has 2 heterocycles. The van der Waals surface area contributed by atoms with Crippen LogP contribution in [0.1, 0.15) is 0 Å². The van der Waals surface area contributed by atoms with Gasteiger partial charge in [0, 0.05) is 28.3 Å². The first kappa shape index (κ1) is 18.1. The number of methoxy groups -OCH3 is 1. The number of para-hydroxylation sites is 1. The molecular formula is C27H19N2O. The van der Waals surface area contributed by atoms with Gasteiger partial charge < -0.3 is 4.74 Å². The molecule has 0 unspecified atom stereocenters. The summed E-state index contributed by atoms with van der Waals surface area (Å²) in [6.45, 7) is 0. The summed E-state index contributed by atoms with van der Waals surface area (Å²) in [6.07, 6.45) is 1.81. The van der Waals surface area contributed by atoms with Crippen molar-refractivity contribution in [3.8, 4) is 39.4 Å². The molecule has 0 aliphatic rings. The molecule has 1 radical (unpaired) electrons. The monoisotopic (exact) mass is 387 g/mol. The molecule has 3 heteroatoms. The molecular weight excluding hydrogens is 368 g/mol. The molecule has 3 nitrogen and oxygen atoms in total. The SMILES string of the molecule is COc1ccccc1-c1nccc2nc(-c3cc[c]cc3)c(-c3ccccc3)cc12. The molecule has 143 valence electrons. The molecule has 0 fully saturated rings. The molecule has 0 bridgehead atoms. The highest BCUT2D eigenvalue weighted by molar-refractivity contribution is 5.99. The fraction of sp³-hybridized carbons (Fsp3) is 0.0370. The van der Waals surface area contributed by atoms with E-state index in [1.54, 1.807) is 7.11 Å². The third-order valence-corrected chi connectivity index (χ3v) is 5.18. The van der Waals surface area contributed by atoms with Crippen LogP contribution in [-0.4, -0.2) is 17.1 Å². The average molecular weight is 387 g/mol. The maximum absolute atomic E-state index is 5.59. The number of aromatic nitrogens is 2. The maximum Gasteiger partial charge on any atom is 0.128 e. The normalized spacial score (nSPS) is 10.8. The van der Waals surface area contributed by atoms with Crippen molar-refractivity contribution in [2.24, 2.45) is 0 Å². The predicted molar refractivity (Wildman–Crippen MR) is 121 cm³/mol. The third-order valence-electron chi connectivity index (χ3n) is 5.18. The van der Waals surface area contributed by atoms with Crippen molar-refractivity contribution in [1.82, 2.24) is 9.97 Å². The number of ether oxygens (including phenoxy) is 1. The van der Waals surface area contributed by atoms with Crippen LogP contribution in [0.15, 0.2) is 97.2 Å². The summed E-state index contributed by atoms with van der Waals surface area (Å²) in [6, 6.07) is 33.5. The van der Waals surface area contributed by atoms with Crippen molar-refractivity contribution in [3.63, 3.8) is 0 Å². The van der Waals surface area contributed by atoms with E-state index in [4.69, 9.17) is 14.7 Å². The summed E-state index contributed by atoms with van der Waals surface area (Å²) >= 11 is 0. The summed E-state index contributed by atoms with van der Waals surface area (Å²) < 4.78 is 5.59. The van der Waals surface area contributed by atoms with E-state index < -0.39 is 0 Å². The lowest BCUT2D eigenvalue weighted by Gasteiger charge is -2.14. The number of rotatable bonds is 4. The highest BCUT2D eigenvalue weighted by atomic mass is 16.5. The maximum atomic E-state index is 5.59. The van der Waals surface area contributed by atoms with Crippen LogP contribution in [0, 0.1) is 6.07 Å². The first-order chi connectivity index (χ1) is 14.8.